The maximum absolute atomic E-state index is 9.33. The Morgan fingerprint density at radius 3 is 2.89 bits per heavy atom. The summed E-state index contributed by atoms with van der Waals surface area (Å²) in [4.78, 5) is 0. The van der Waals surface area contributed by atoms with Crippen molar-refractivity contribution in [2.24, 2.45) is 11.8 Å². The van der Waals surface area contributed by atoms with Crippen LogP contribution in [0.3, 0.4) is 0 Å². The fourth-order valence-electron chi connectivity index (χ4n) is 3.46. The topological polar surface area (TPSA) is 41.5 Å². The summed E-state index contributed by atoms with van der Waals surface area (Å²) in [5.41, 5.74) is 1.33. The highest BCUT2D eigenvalue weighted by molar-refractivity contribution is 5.39. The van der Waals surface area contributed by atoms with Gasteiger partial charge in [-0.25, -0.2) is 0 Å². The molecule has 1 fully saturated rings. The van der Waals surface area contributed by atoms with Crippen molar-refractivity contribution < 1.29 is 9.84 Å². The normalized spacial score (nSPS) is 29.2. The molecule has 1 saturated carbocycles. The number of nitrogens with one attached hydrogen (secondary N) is 1. The van der Waals surface area contributed by atoms with Crippen LogP contribution < -0.4 is 10.1 Å². The number of benzene rings is 1. The second-order valence-electron chi connectivity index (χ2n) is 5.84. The van der Waals surface area contributed by atoms with Crippen LogP contribution in [0.5, 0.6) is 5.75 Å². The van der Waals surface area contributed by atoms with Gasteiger partial charge in [0.05, 0.1) is 6.61 Å². The Labute approximate surface area is 115 Å². The monoisotopic (exact) mass is 261 g/mol. The van der Waals surface area contributed by atoms with Gasteiger partial charge in [-0.1, -0.05) is 24.6 Å². The molecule has 0 radical (unpaired) electrons. The first kappa shape index (κ1) is 12.9. The molecule has 0 aromatic heterocycles. The van der Waals surface area contributed by atoms with Gasteiger partial charge in [-0.15, -0.1) is 0 Å². The number of ether oxygens (including phenoxy) is 1. The number of aliphatic hydroxyl groups is 1. The van der Waals surface area contributed by atoms with E-state index in [0.717, 1.165) is 25.4 Å². The Hall–Kier alpha value is -1.06. The maximum atomic E-state index is 9.33. The van der Waals surface area contributed by atoms with E-state index in [9.17, 15) is 5.11 Å². The van der Waals surface area contributed by atoms with Crippen LogP contribution in [0.1, 0.15) is 30.7 Å². The SMILES string of the molecule is OCC1CCCC1CNCC1COc2ccccc21. The van der Waals surface area contributed by atoms with Crippen LogP contribution in [0, 0.1) is 11.8 Å². The summed E-state index contributed by atoms with van der Waals surface area (Å²) in [6, 6.07) is 8.33. The fourth-order valence-corrected chi connectivity index (χ4v) is 3.46. The minimum atomic E-state index is 0.349. The second-order valence-corrected chi connectivity index (χ2v) is 5.84. The van der Waals surface area contributed by atoms with Crippen LogP contribution >= 0.6 is 0 Å². The van der Waals surface area contributed by atoms with Crippen LogP contribution in [0.25, 0.3) is 0 Å². The summed E-state index contributed by atoms with van der Waals surface area (Å²) < 4.78 is 5.70. The predicted octanol–water partition coefficient (Wildman–Crippen LogP) is 2.16. The Morgan fingerprint density at radius 1 is 1.16 bits per heavy atom. The van der Waals surface area contributed by atoms with Crippen molar-refractivity contribution in [2.45, 2.75) is 25.2 Å². The lowest BCUT2D eigenvalue weighted by Crippen LogP contribution is -2.30. The van der Waals surface area contributed by atoms with Gasteiger partial charge in [-0.3, -0.25) is 0 Å². The van der Waals surface area contributed by atoms with Gasteiger partial charge in [0.15, 0.2) is 0 Å². The zero-order valence-electron chi connectivity index (χ0n) is 11.3. The smallest absolute Gasteiger partial charge is 0.122 e. The molecule has 1 aliphatic carbocycles. The molecule has 1 aliphatic heterocycles. The molecule has 3 unspecified atom stereocenters. The van der Waals surface area contributed by atoms with E-state index < -0.39 is 0 Å². The minimum absolute atomic E-state index is 0.349. The number of rotatable bonds is 5. The summed E-state index contributed by atoms with van der Waals surface area (Å²) in [6.45, 7) is 3.15. The lowest BCUT2D eigenvalue weighted by Gasteiger charge is -2.19. The van der Waals surface area contributed by atoms with Crippen LogP contribution in [0.2, 0.25) is 0 Å². The number of hydrogen-bond donors (Lipinski definition) is 2. The van der Waals surface area contributed by atoms with Crippen LogP contribution in [-0.4, -0.2) is 31.4 Å². The molecular formula is C16H23NO2. The van der Waals surface area contributed by atoms with Gasteiger partial charge in [0.2, 0.25) is 0 Å². The van der Waals surface area contributed by atoms with Crippen LogP contribution in [0.4, 0.5) is 0 Å². The van der Waals surface area contributed by atoms with E-state index in [1.165, 1.54) is 24.8 Å². The van der Waals surface area contributed by atoms with Gasteiger partial charge >= 0.3 is 0 Å². The molecule has 0 spiro atoms. The Kier molecular flexibility index (Phi) is 4.04. The molecule has 2 N–H and O–H groups in total. The van der Waals surface area contributed by atoms with Crippen molar-refractivity contribution in [1.29, 1.82) is 0 Å². The first-order valence-electron chi connectivity index (χ1n) is 7.41. The zero-order valence-corrected chi connectivity index (χ0v) is 11.3. The minimum Gasteiger partial charge on any atom is -0.493 e. The predicted molar refractivity (Wildman–Crippen MR) is 75.5 cm³/mol. The Balaban J connectivity index is 1.49. The summed E-state index contributed by atoms with van der Waals surface area (Å²) >= 11 is 0. The summed E-state index contributed by atoms with van der Waals surface area (Å²) in [7, 11) is 0. The molecule has 1 aromatic rings. The summed E-state index contributed by atoms with van der Waals surface area (Å²) in [5.74, 6) is 2.69. The average molecular weight is 261 g/mol. The quantitative estimate of drug-likeness (QED) is 0.853. The number of para-hydroxylation sites is 1. The second kappa shape index (κ2) is 5.93. The number of aliphatic hydroxyl groups excluding tert-OH is 1. The molecule has 3 heteroatoms. The highest BCUT2D eigenvalue weighted by atomic mass is 16.5. The highest BCUT2D eigenvalue weighted by Crippen LogP contribution is 2.33. The first-order chi connectivity index (χ1) is 9.38. The van der Waals surface area contributed by atoms with Crippen molar-refractivity contribution in [3.05, 3.63) is 29.8 Å². The van der Waals surface area contributed by atoms with Gasteiger partial charge in [0.1, 0.15) is 5.75 Å². The first-order valence-corrected chi connectivity index (χ1v) is 7.41. The molecule has 1 heterocycles. The molecule has 0 saturated heterocycles. The molecule has 3 nitrogen and oxygen atoms in total. The molecule has 0 amide bonds. The fraction of sp³-hybridized carbons (Fsp3) is 0.625. The van der Waals surface area contributed by atoms with Gasteiger partial charge in [-0.05, 0) is 37.3 Å². The third-order valence-corrected chi connectivity index (χ3v) is 4.65. The van der Waals surface area contributed by atoms with Crippen LogP contribution in [0.15, 0.2) is 24.3 Å². The average Bonchev–Trinajstić information content (AvgIpc) is 3.06. The highest BCUT2D eigenvalue weighted by Gasteiger charge is 2.27. The van der Waals surface area contributed by atoms with E-state index >= 15 is 0 Å². The van der Waals surface area contributed by atoms with Gasteiger partial charge in [0, 0.05) is 24.6 Å². The molecule has 1 aromatic carbocycles. The third-order valence-electron chi connectivity index (χ3n) is 4.65. The lowest BCUT2D eigenvalue weighted by atomic mass is 9.96. The summed E-state index contributed by atoms with van der Waals surface area (Å²) in [6.07, 6.45) is 3.72. The van der Waals surface area contributed by atoms with Crippen molar-refractivity contribution in [2.75, 3.05) is 26.3 Å². The third kappa shape index (κ3) is 2.77. The van der Waals surface area contributed by atoms with Crippen molar-refractivity contribution >= 4 is 0 Å². The lowest BCUT2D eigenvalue weighted by molar-refractivity contribution is 0.191. The van der Waals surface area contributed by atoms with Crippen LogP contribution in [-0.2, 0) is 0 Å². The zero-order chi connectivity index (χ0) is 13.1. The van der Waals surface area contributed by atoms with Gasteiger partial charge in [0.25, 0.3) is 0 Å². The number of fused-ring (bicyclic) bond motifs is 1. The van der Waals surface area contributed by atoms with E-state index in [1.54, 1.807) is 0 Å². The van der Waals surface area contributed by atoms with Crippen molar-refractivity contribution in [3.63, 3.8) is 0 Å². The molecule has 3 atom stereocenters. The standard InChI is InChI=1S/C16H23NO2/c18-10-13-5-3-4-12(13)8-17-9-14-11-19-16-7-2-1-6-15(14)16/h1-2,6-7,12-14,17-18H,3-5,8-11H2. The molecule has 3 rings (SSSR count). The number of hydrogen-bond acceptors (Lipinski definition) is 3. The van der Waals surface area contributed by atoms with E-state index in [2.05, 4.69) is 17.4 Å². The molecule has 104 valence electrons. The molecular weight excluding hydrogens is 238 g/mol. The van der Waals surface area contributed by atoms with E-state index in [1.807, 2.05) is 12.1 Å². The summed E-state index contributed by atoms with van der Waals surface area (Å²) in [5, 5.41) is 12.9. The van der Waals surface area contributed by atoms with E-state index in [0.29, 0.717) is 24.4 Å². The van der Waals surface area contributed by atoms with Crippen molar-refractivity contribution in [3.8, 4) is 5.75 Å². The van der Waals surface area contributed by atoms with Gasteiger partial charge < -0.3 is 15.2 Å². The molecule has 19 heavy (non-hydrogen) atoms. The largest absolute Gasteiger partial charge is 0.493 e. The Morgan fingerprint density at radius 2 is 2.00 bits per heavy atom. The molecule has 0 bridgehead atoms. The Bertz CT molecular complexity index is 421. The van der Waals surface area contributed by atoms with E-state index in [-0.39, 0.29) is 0 Å². The molecule has 2 aliphatic rings. The van der Waals surface area contributed by atoms with E-state index in [4.69, 9.17) is 4.74 Å². The maximum Gasteiger partial charge on any atom is 0.122 e. The van der Waals surface area contributed by atoms with Crippen molar-refractivity contribution in [1.82, 2.24) is 5.32 Å². The van der Waals surface area contributed by atoms with Gasteiger partial charge in [-0.2, -0.15) is 0 Å².